The molecule has 2 amide bonds. The minimum Gasteiger partial charge on any atom is -0.475 e. The molecule has 0 bridgehead atoms. The fraction of sp³-hybridized carbons (Fsp3) is 0.516. The molecule has 48 heavy (non-hydrogen) atoms. The monoisotopic (exact) mass is 727 g/mol. The SMILES string of the molecule is CC(C)N(C)[C@@H]1CC[C@H](N2CC[C@H](NC(=O)c3cccc(C(F)(F)F)c3)C2=O)[C@H](CS(=O)(=O)c2ccc(Cl)cc2)C1.O=C(O)C(F)(F)F. The van der Waals surface area contributed by atoms with E-state index < -0.39 is 45.7 Å². The molecule has 1 heterocycles. The Balaban J connectivity index is 0.000000804. The van der Waals surface area contributed by atoms with Gasteiger partial charge in [-0.2, -0.15) is 26.3 Å². The van der Waals surface area contributed by atoms with E-state index in [0.29, 0.717) is 24.4 Å². The largest absolute Gasteiger partial charge is 0.490 e. The minimum absolute atomic E-state index is 0.144. The highest BCUT2D eigenvalue weighted by Gasteiger charge is 2.44. The molecule has 0 radical (unpaired) electrons. The zero-order valence-electron chi connectivity index (χ0n) is 26.2. The Kier molecular flexibility index (Phi) is 12.6. The number of rotatable bonds is 8. The molecule has 4 rings (SSSR count). The van der Waals surface area contributed by atoms with E-state index in [0.717, 1.165) is 24.6 Å². The van der Waals surface area contributed by atoms with Crippen LogP contribution in [0.3, 0.4) is 0 Å². The summed E-state index contributed by atoms with van der Waals surface area (Å²) in [7, 11) is -1.67. The molecule has 0 aromatic heterocycles. The second-order valence-corrected chi connectivity index (χ2v) is 14.5. The number of alkyl halides is 6. The van der Waals surface area contributed by atoms with Gasteiger partial charge in [-0.1, -0.05) is 17.7 Å². The second kappa shape index (κ2) is 15.5. The first-order chi connectivity index (χ1) is 22.1. The first kappa shape index (κ1) is 39.1. The Morgan fingerprint density at radius 3 is 2.19 bits per heavy atom. The van der Waals surface area contributed by atoms with Gasteiger partial charge in [0, 0.05) is 35.3 Å². The Hall–Kier alpha value is -3.37. The summed E-state index contributed by atoms with van der Waals surface area (Å²) in [6, 6.07) is 9.24. The molecule has 4 atom stereocenters. The highest BCUT2D eigenvalue weighted by molar-refractivity contribution is 7.91. The van der Waals surface area contributed by atoms with Crippen LogP contribution in [-0.2, 0) is 25.6 Å². The van der Waals surface area contributed by atoms with Crippen molar-refractivity contribution in [3.63, 3.8) is 0 Å². The first-order valence-corrected chi connectivity index (χ1v) is 16.9. The number of nitrogens with one attached hydrogen (secondary N) is 1. The van der Waals surface area contributed by atoms with Crippen molar-refractivity contribution in [3.8, 4) is 0 Å². The zero-order chi connectivity index (χ0) is 36.2. The number of carbonyl (C=O) groups excluding carboxylic acids is 2. The van der Waals surface area contributed by atoms with Crippen LogP contribution in [0.1, 0.15) is 55.5 Å². The minimum atomic E-state index is -5.08. The average molecular weight is 728 g/mol. The number of sulfone groups is 1. The lowest BCUT2D eigenvalue weighted by Crippen LogP contribution is -2.53. The molecular weight excluding hydrogens is 692 g/mol. The van der Waals surface area contributed by atoms with E-state index >= 15 is 0 Å². The normalized spacial score (nSPS) is 22.0. The maximum atomic E-state index is 13.5. The molecule has 266 valence electrons. The molecule has 0 spiro atoms. The zero-order valence-corrected chi connectivity index (χ0v) is 27.8. The fourth-order valence-electron chi connectivity index (χ4n) is 5.87. The average Bonchev–Trinajstić information content (AvgIpc) is 3.35. The molecule has 2 fully saturated rings. The smallest absolute Gasteiger partial charge is 0.475 e. The van der Waals surface area contributed by atoms with E-state index in [4.69, 9.17) is 21.5 Å². The summed E-state index contributed by atoms with van der Waals surface area (Å²) in [4.78, 5) is 39.2. The van der Waals surface area contributed by atoms with Crippen LogP contribution in [0, 0.1) is 5.92 Å². The van der Waals surface area contributed by atoms with Crippen LogP contribution in [-0.4, -0.2) is 90.8 Å². The molecule has 2 aromatic rings. The van der Waals surface area contributed by atoms with E-state index in [9.17, 15) is 44.3 Å². The topological polar surface area (TPSA) is 124 Å². The number of carbonyl (C=O) groups is 3. The van der Waals surface area contributed by atoms with Gasteiger partial charge in [0.25, 0.3) is 5.91 Å². The predicted molar refractivity (Wildman–Crippen MR) is 164 cm³/mol. The van der Waals surface area contributed by atoms with Gasteiger partial charge in [-0.25, -0.2) is 13.2 Å². The summed E-state index contributed by atoms with van der Waals surface area (Å²) < 4.78 is 97.9. The Morgan fingerprint density at radius 2 is 1.65 bits per heavy atom. The van der Waals surface area contributed by atoms with Gasteiger partial charge in [0.1, 0.15) is 6.04 Å². The van der Waals surface area contributed by atoms with Gasteiger partial charge in [0.15, 0.2) is 9.84 Å². The number of hydrogen-bond acceptors (Lipinski definition) is 6. The van der Waals surface area contributed by atoms with Gasteiger partial charge in [0.05, 0.1) is 16.2 Å². The summed E-state index contributed by atoms with van der Waals surface area (Å²) in [6.07, 6.45) is -7.44. The molecule has 17 heteroatoms. The van der Waals surface area contributed by atoms with Crippen LogP contribution >= 0.6 is 11.6 Å². The van der Waals surface area contributed by atoms with E-state index in [1.54, 1.807) is 4.90 Å². The van der Waals surface area contributed by atoms with Crippen molar-refractivity contribution in [1.82, 2.24) is 15.1 Å². The van der Waals surface area contributed by atoms with Crippen molar-refractivity contribution in [2.45, 2.75) is 80.9 Å². The van der Waals surface area contributed by atoms with Crippen molar-refractivity contribution in [1.29, 1.82) is 0 Å². The molecule has 1 aliphatic carbocycles. The molecule has 0 unspecified atom stereocenters. The fourth-order valence-corrected chi connectivity index (χ4v) is 7.66. The number of halogens is 7. The second-order valence-electron chi connectivity index (χ2n) is 12.0. The van der Waals surface area contributed by atoms with Crippen LogP contribution in [0.5, 0.6) is 0 Å². The summed E-state index contributed by atoms with van der Waals surface area (Å²) >= 11 is 5.95. The highest BCUT2D eigenvalue weighted by atomic mass is 35.5. The van der Waals surface area contributed by atoms with Gasteiger partial charge >= 0.3 is 18.3 Å². The summed E-state index contributed by atoms with van der Waals surface area (Å²) in [6.45, 7) is 4.47. The van der Waals surface area contributed by atoms with Crippen LogP contribution in [0.25, 0.3) is 0 Å². The maximum absolute atomic E-state index is 13.5. The lowest BCUT2D eigenvalue weighted by molar-refractivity contribution is -0.192. The van der Waals surface area contributed by atoms with Crippen LogP contribution < -0.4 is 5.32 Å². The van der Waals surface area contributed by atoms with Crippen LogP contribution in [0.2, 0.25) is 5.02 Å². The molecule has 1 saturated carbocycles. The van der Waals surface area contributed by atoms with Crippen molar-refractivity contribution < 1.29 is 54.3 Å². The first-order valence-electron chi connectivity index (χ1n) is 14.9. The van der Waals surface area contributed by atoms with Gasteiger partial charge in [-0.05, 0) is 95.0 Å². The molecule has 1 aliphatic heterocycles. The van der Waals surface area contributed by atoms with Gasteiger partial charge < -0.3 is 20.2 Å². The molecule has 2 aromatic carbocycles. The van der Waals surface area contributed by atoms with Gasteiger partial charge in [-0.15, -0.1) is 0 Å². The third-order valence-electron chi connectivity index (χ3n) is 8.55. The van der Waals surface area contributed by atoms with Crippen molar-refractivity contribution >= 4 is 39.2 Å². The van der Waals surface area contributed by atoms with E-state index in [-0.39, 0.29) is 52.6 Å². The quantitative estimate of drug-likeness (QED) is 0.336. The lowest BCUT2D eigenvalue weighted by atomic mass is 9.81. The third kappa shape index (κ3) is 10.1. The lowest BCUT2D eigenvalue weighted by Gasteiger charge is -2.44. The number of benzene rings is 2. The number of hydrogen-bond donors (Lipinski definition) is 2. The van der Waals surface area contributed by atoms with E-state index in [1.807, 2.05) is 7.05 Å². The standard InChI is InChI=1S/C29H35ClF3N3O4S.C2HF3O2/c1-18(2)35(3)23-9-12-26(20(16-23)17-41(39,40)24-10-7-22(30)8-11-24)36-14-13-25(28(36)38)34-27(37)19-5-4-6-21(15-19)29(31,32)33;3-2(4,5)1(6)7/h4-8,10-11,15,18,20,23,25-26H,9,12-14,16-17H2,1-3H3,(H,34,37);(H,6,7)/t20-,23+,25-,26-;/m0./s1. The number of likely N-dealkylation sites (tertiary alicyclic amines) is 1. The predicted octanol–water partition coefficient (Wildman–Crippen LogP) is 5.67. The Labute approximate surface area is 279 Å². The molecule has 9 nitrogen and oxygen atoms in total. The van der Waals surface area contributed by atoms with Crippen molar-refractivity contribution in [2.24, 2.45) is 5.92 Å². The molecular formula is C31H36ClF6N3O6S. The number of carboxylic acids is 1. The van der Waals surface area contributed by atoms with Crippen molar-refractivity contribution in [2.75, 3.05) is 19.3 Å². The van der Waals surface area contributed by atoms with Crippen LogP contribution in [0.15, 0.2) is 53.4 Å². The molecule has 1 saturated heterocycles. The summed E-state index contributed by atoms with van der Waals surface area (Å²) in [5, 5.41) is 10.1. The number of aliphatic carboxylic acids is 1. The summed E-state index contributed by atoms with van der Waals surface area (Å²) in [5.41, 5.74) is -1.13. The van der Waals surface area contributed by atoms with E-state index in [1.165, 1.54) is 30.3 Å². The maximum Gasteiger partial charge on any atom is 0.490 e. The Bertz CT molecular complexity index is 1570. The number of amides is 2. The molecule has 2 N–H and O–H groups in total. The molecule has 2 aliphatic rings. The number of nitrogens with zero attached hydrogens (tertiary/aromatic N) is 2. The Morgan fingerprint density at radius 1 is 1.04 bits per heavy atom. The van der Waals surface area contributed by atoms with Crippen molar-refractivity contribution in [3.05, 3.63) is 64.7 Å². The van der Waals surface area contributed by atoms with Crippen LogP contribution in [0.4, 0.5) is 26.3 Å². The van der Waals surface area contributed by atoms with Gasteiger partial charge in [0.2, 0.25) is 5.91 Å². The summed E-state index contributed by atoms with van der Waals surface area (Å²) in [5.74, 6) is -4.36. The van der Waals surface area contributed by atoms with E-state index in [2.05, 4.69) is 24.1 Å². The third-order valence-corrected chi connectivity index (χ3v) is 10.7. The number of carboxylic acid groups (broad SMARTS) is 1. The highest BCUT2D eigenvalue weighted by Crippen LogP contribution is 2.36. The van der Waals surface area contributed by atoms with Gasteiger partial charge in [-0.3, -0.25) is 9.59 Å².